The molecule has 4 rings (SSSR count). The van der Waals surface area contributed by atoms with E-state index in [0.717, 1.165) is 43.1 Å². The van der Waals surface area contributed by atoms with Crippen molar-refractivity contribution in [2.45, 2.75) is 6.54 Å². The Hall–Kier alpha value is -3.49. The van der Waals surface area contributed by atoms with Crippen LogP contribution in [-0.2, 0) is 11.3 Å². The number of rotatable bonds is 6. The first kappa shape index (κ1) is 22.7. The van der Waals surface area contributed by atoms with Gasteiger partial charge in [0.25, 0.3) is 0 Å². The maximum Gasteiger partial charge on any atom is 0.250 e. The number of hydrogen-bond acceptors (Lipinski definition) is 5. The van der Waals surface area contributed by atoms with Gasteiger partial charge in [-0.3, -0.25) is 15.0 Å². The molecule has 0 unspecified atom stereocenters. The van der Waals surface area contributed by atoms with E-state index in [4.69, 9.17) is 16.6 Å². The number of piperazine rings is 1. The van der Waals surface area contributed by atoms with Gasteiger partial charge < -0.3 is 14.6 Å². The molecule has 1 aromatic heterocycles. The van der Waals surface area contributed by atoms with Gasteiger partial charge >= 0.3 is 0 Å². The van der Waals surface area contributed by atoms with Crippen LogP contribution in [0.3, 0.4) is 0 Å². The largest absolute Gasteiger partial charge is 0.465 e. The normalized spacial score (nSPS) is 14.4. The molecule has 0 spiro atoms. The number of halogens is 1. The molecule has 2 aromatic carbocycles. The number of nitrogens with one attached hydrogen (secondary N) is 2. The number of nitrogens with zero attached hydrogens (tertiary/aromatic N) is 2. The molecule has 1 aliphatic heterocycles. The van der Waals surface area contributed by atoms with Crippen LogP contribution < -0.4 is 15.5 Å². The second-order valence-electron chi connectivity index (χ2n) is 7.69. The van der Waals surface area contributed by atoms with Gasteiger partial charge in [-0.2, -0.15) is 0 Å². The molecule has 0 radical (unpaired) electrons. The van der Waals surface area contributed by atoms with Crippen LogP contribution in [0.1, 0.15) is 11.3 Å². The van der Waals surface area contributed by atoms with E-state index in [1.165, 1.54) is 12.1 Å². The van der Waals surface area contributed by atoms with E-state index >= 15 is 0 Å². The number of hydrogen-bond donors (Lipinski definition) is 2. The standard InChI is InChI=1S/C25H25FN4O2S/c26-23-6-2-1-4-19(23)18-29-13-15-30(16-14-29)21-9-7-20(8-10-21)27-25(33)28-24(31)12-11-22-5-3-17-32-22/h1-12,17H,13-16,18H2,(H2,27,28,31,33)/b12-11+. The SMILES string of the molecule is O=C(/C=C/c1ccco1)NC(=S)Nc1ccc(N2CCN(Cc3ccccc3F)CC2)cc1. The fourth-order valence-electron chi connectivity index (χ4n) is 3.65. The lowest BCUT2D eigenvalue weighted by Gasteiger charge is -2.36. The summed E-state index contributed by atoms with van der Waals surface area (Å²) in [4.78, 5) is 16.5. The first-order valence-corrected chi connectivity index (χ1v) is 11.1. The highest BCUT2D eigenvalue weighted by Crippen LogP contribution is 2.20. The van der Waals surface area contributed by atoms with Gasteiger partial charge in [0.2, 0.25) is 5.91 Å². The smallest absolute Gasteiger partial charge is 0.250 e. The first-order chi connectivity index (χ1) is 16.1. The van der Waals surface area contributed by atoms with E-state index in [0.29, 0.717) is 12.3 Å². The van der Waals surface area contributed by atoms with Gasteiger partial charge in [-0.1, -0.05) is 18.2 Å². The molecule has 1 amide bonds. The van der Waals surface area contributed by atoms with Crippen molar-refractivity contribution in [3.63, 3.8) is 0 Å². The number of furan rings is 1. The van der Waals surface area contributed by atoms with E-state index in [1.807, 2.05) is 36.4 Å². The van der Waals surface area contributed by atoms with E-state index < -0.39 is 0 Å². The third-order valence-electron chi connectivity index (χ3n) is 5.39. The minimum atomic E-state index is -0.339. The Kier molecular flexibility index (Phi) is 7.49. The Bertz CT molecular complexity index is 1110. The molecule has 0 aliphatic carbocycles. The molecule has 0 atom stereocenters. The molecule has 2 N–H and O–H groups in total. The van der Waals surface area contributed by atoms with Gasteiger partial charge in [0.1, 0.15) is 11.6 Å². The Balaban J connectivity index is 1.23. The summed E-state index contributed by atoms with van der Waals surface area (Å²) in [6, 6.07) is 18.4. The van der Waals surface area contributed by atoms with Crippen molar-refractivity contribution in [3.05, 3.63) is 90.1 Å². The summed E-state index contributed by atoms with van der Waals surface area (Å²) in [5, 5.41) is 5.84. The summed E-state index contributed by atoms with van der Waals surface area (Å²) in [6.45, 7) is 4.12. The van der Waals surface area contributed by atoms with Gasteiger partial charge in [-0.25, -0.2) is 4.39 Å². The highest BCUT2D eigenvalue weighted by Gasteiger charge is 2.18. The summed E-state index contributed by atoms with van der Waals surface area (Å²) >= 11 is 5.22. The molecule has 6 nitrogen and oxygen atoms in total. The third kappa shape index (κ3) is 6.50. The van der Waals surface area contributed by atoms with Crippen molar-refractivity contribution in [3.8, 4) is 0 Å². The maximum atomic E-state index is 13.9. The number of amides is 1. The Morgan fingerprint density at radius 3 is 2.48 bits per heavy atom. The van der Waals surface area contributed by atoms with E-state index in [9.17, 15) is 9.18 Å². The number of anilines is 2. The summed E-state index contributed by atoms with van der Waals surface area (Å²) in [5.41, 5.74) is 2.64. The van der Waals surface area contributed by atoms with Crippen molar-refractivity contribution in [1.82, 2.24) is 10.2 Å². The number of carbonyl (C=O) groups excluding carboxylic acids is 1. The monoisotopic (exact) mass is 464 g/mol. The van der Waals surface area contributed by atoms with Gasteiger partial charge in [-0.15, -0.1) is 0 Å². The fraction of sp³-hybridized carbons (Fsp3) is 0.200. The second-order valence-corrected chi connectivity index (χ2v) is 8.10. The zero-order valence-electron chi connectivity index (χ0n) is 18.0. The molecule has 170 valence electrons. The van der Waals surface area contributed by atoms with Crippen LogP contribution in [0.5, 0.6) is 0 Å². The molecule has 2 heterocycles. The lowest BCUT2D eigenvalue weighted by molar-refractivity contribution is -0.115. The summed E-state index contributed by atoms with van der Waals surface area (Å²) in [6.07, 6.45) is 4.48. The van der Waals surface area contributed by atoms with Crippen LogP contribution in [0, 0.1) is 5.82 Å². The van der Waals surface area contributed by atoms with E-state index in [1.54, 1.807) is 30.5 Å². The van der Waals surface area contributed by atoms with Crippen LogP contribution in [0.25, 0.3) is 6.08 Å². The topological polar surface area (TPSA) is 60.8 Å². The lowest BCUT2D eigenvalue weighted by Crippen LogP contribution is -2.46. The molecule has 3 aromatic rings. The number of benzene rings is 2. The van der Waals surface area contributed by atoms with E-state index in [-0.39, 0.29) is 16.8 Å². The van der Waals surface area contributed by atoms with Gasteiger partial charge in [0, 0.05) is 55.7 Å². The van der Waals surface area contributed by atoms with Crippen LogP contribution in [0.2, 0.25) is 0 Å². The Morgan fingerprint density at radius 2 is 1.79 bits per heavy atom. The van der Waals surface area contributed by atoms with Crippen molar-refractivity contribution >= 4 is 40.7 Å². The Morgan fingerprint density at radius 1 is 1.03 bits per heavy atom. The molecule has 0 saturated carbocycles. The summed E-state index contributed by atoms with van der Waals surface area (Å²) < 4.78 is 19.0. The van der Waals surface area contributed by atoms with Gasteiger partial charge in [0.05, 0.1) is 6.26 Å². The molecule has 1 fully saturated rings. The van der Waals surface area contributed by atoms with Crippen molar-refractivity contribution < 1.29 is 13.6 Å². The quantitative estimate of drug-likeness (QED) is 0.420. The van der Waals surface area contributed by atoms with Crippen molar-refractivity contribution in [2.24, 2.45) is 0 Å². The molecule has 1 saturated heterocycles. The van der Waals surface area contributed by atoms with Gasteiger partial charge in [-0.05, 0) is 60.8 Å². The predicted molar refractivity (Wildman–Crippen MR) is 132 cm³/mol. The molecule has 1 aliphatic rings. The summed E-state index contributed by atoms with van der Waals surface area (Å²) in [5.74, 6) is 0.104. The molecule has 33 heavy (non-hydrogen) atoms. The van der Waals surface area contributed by atoms with Crippen LogP contribution in [0.15, 0.2) is 77.4 Å². The third-order valence-corrected chi connectivity index (χ3v) is 5.60. The maximum absolute atomic E-state index is 13.9. The van der Waals surface area contributed by atoms with Crippen LogP contribution in [0.4, 0.5) is 15.8 Å². The van der Waals surface area contributed by atoms with Crippen molar-refractivity contribution in [1.29, 1.82) is 0 Å². The second kappa shape index (κ2) is 10.9. The number of thiocarbonyl (C=S) groups is 1. The average Bonchev–Trinajstić information content (AvgIpc) is 3.34. The summed E-state index contributed by atoms with van der Waals surface area (Å²) in [7, 11) is 0. The fourth-order valence-corrected chi connectivity index (χ4v) is 3.87. The van der Waals surface area contributed by atoms with Crippen LogP contribution in [-0.4, -0.2) is 42.1 Å². The molecular weight excluding hydrogens is 439 g/mol. The minimum Gasteiger partial charge on any atom is -0.465 e. The predicted octanol–water partition coefficient (Wildman–Crippen LogP) is 4.27. The molecule has 0 bridgehead atoms. The van der Waals surface area contributed by atoms with Crippen LogP contribution >= 0.6 is 12.2 Å². The minimum absolute atomic E-state index is 0.148. The van der Waals surface area contributed by atoms with E-state index in [2.05, 4.69) is 20.4 Å². The first-order valence-electron chi connectivity index (χ1n) is 10.7. The van der Waals surface area contributed by atoms with Gasteiger partial charge in [0.15, 0.2) is 5.11 Å². The lowest BCUT2D eigenvalue weighted by atomic mass is 10.1. The zero-order chi connectivity index (χ0) is 23.0. The molecular formula is C25H25FN4O2S. The van der Waals surface area contributed by atoms with Crippen molar-refractivity contribution in [2.75, 3.05) is 36.4 Å². The Labute approximate surface area is 197 Å². The zero-order valence-corrected chi connectivity index (χ0v) is 18.9. The highest BCUT2D eigenvalue weighted by atomic mass is 32.1. The highest BCUT2D eigenvalue weighted by molar-refractivity contribution is 7.80. The molecule has 8 heteroatoms. The number of carbonyl (C=O) groups is 1. The average molecular weight is 465 g/mol.